The first-order valence-electron chi connectivity index (χ1n) is 7.16. The van der Waals surface area contributed by atoms with E-state index >= 15 is 0 Å². The molecule has 0 radical (unpaired) electrons. The molecule has 0 saturated heterocycles. The summed E-state index contributed by atoms with van der Waals surface area (Å²) in [7, 11) is 3.78. The molecule has 1 heterocycles. The number of nitrogens with one attached hydrogen (secondary N) is 1. The molecule has 0 bridgehead atoms. The minimum atomic E-state index is -0.213. The molecule has 0 aliphatic carbocycles. The van der Waals surface area contributed by atoms with E-state index in [0.717, 1.165) is 11.3 Å². The summed E-state index contributed by atoms with van der Waals surface area (Å²) in [6.07, 6.45) is 3.77. The number of hydrogen-bond acceptors (Lipinski definition) is 3. The Hall–Kier alpha value is -2.04. The van der Waals surface area contributed by atoms with Gasteiger partial charge >= 0.3 is 0 Å². The maximum absolute atomic E-state index is 14.2. The Balaban J connectivity index is 2.13. The van der Waals surface area contributed by atoms with Gasteiger partial charge in [0.1, 0.15) is 5.82 Å². The Morgan fingerprint density at radius 3 is 2.52 bits per heavy atom. The molecular weight excluding hydrogens is 267 g/mol. The number of benzene rings is 1. The van der Waals surface area contributed by atoms with Gasteiger partial charge in [-0.05, 0) is 39.0 Å². The zero-order chi connectivity index (χ0) is 15.6. The highest BCUT2D eigenvalue weighted by Gasteiger charge is 2.12. The van der Waals surface area contributed by atoms with E-state index in [9.17, 15) is 4.39 Å². The lowest BCUT2D eigenvalue weighted by Gasteiger charge is -2.25. The molecule has 0 amide bonds. The van der Waals surface area contributed by atoms with Crippen LogP contribution in [0.3, 0.4) is 0 Å². The fourth-order valence-electron chi connectivity index (χ4n) is 2.16. The summed E-state index contributed by atoms with van der Waals surface area (Å²) in [5.74, 6) is -0.213. The van der Waals surface area contributed by atoms with Crippen molar-refractivity contribution in [2.24, 2.45) is 7.05 Å². The molecule has 1 atom stereocenters. The van der Waals surface area contributed by atoms with Gasteiger partial charge in [0, 0.05) is 37.6 Å². The number of halogens is 1. The smallest absolute Gasteiger partial charge is 0.148 e. The summed E-state index contributed by atoms with van der Waals surface area (Å²) in [4.78, 5) is 1.92. The van der Waals surface area contributed by atoms with E-state index in [1.165, 1.54) is 0 Å². The largest absolute Gasteiger partial charge is 0.378 e. The van der Waals surface area contributed by atoms with E-state index in [2.05, 4.69) is 10.4 Å². The third kappa shape index (κ3) is 3.54. The van der Waals surface area contributed by atoms with Crippen molar-refractivity contribution in [2.75, 3.05) is 17.3 Å². The van der Waals surface area contributed by atoms with Crippen molar-refractivity contribution in [3.63, 3.8) is 0 Å². The second-order valence-corrected chi connectivity index (χ2v) is 5.68. The first kappa shape index (κ1) is 15.4. The van der Waals surface area contributed by atoms with Gasteiger partial charge in [-0.1, -0.05) is 0 Å². The highest BCUT2D eigenvalue weighted by atomic mass is 19.1. The average Bonchev–Trinajstić information content (AvgIpc) is 2.85. The number of aryl methyl sites for hydroxylation is 1. The van der Waals surface area contributed by atoms with Crippen molar-refractivity contribution in [1.82, 2.24) is 9.78 Å². The SMILES string of the molecule is CC(Nc1ccc(N(C)C(C)C)c(F)c1)c1cnn(C)c1. The van der Waals surface area contributed by atoms with Gasteiger partial charge in [-0.2, -0.15) is 5.10 Å². The Morgan fingerprint density at radius 1 is 1.29 bits per heavy atom. The Kier molecular flexibility index (Phi) is 4.50. The van der Waals surface area contributed by atoms with Gasteiger partial charge in [-0.25, -0.2) is 4.39 Å². The second kappa shape index (κ2) is 6.16. The molecule has 21 heavy (non-hydrogen) atoms. The third-order valence-corrected chi connectivity index (χ3v) is 3.71. The van der Waals surface area contributed by atoms with Gasteiger partial charge in [-0.15, -0.1) is 0 Å². The van der Waals surface area contributed by atoms with Gasteiger partial charge in [0.05, 0.1) is 17.9 Å². The molecule has 1 N–H and O–H groups in total. The highest BCUT2D eigenvalue weighted by Crippen LogP contribution is 2.25. The number of nitrogens with zero attached hydrogens (tertiary/aromatic N) is 3. The van der Waals surface area contributed by atoms with Crippen LogP contribution in [0.5, 0.6) is 0 Å². The molecule has 0 spiro atoms. The predicted octanol–water partition coefficient (Wildman–Crippen LogP) is 3.58. The van der Waals surface area contributed by atoms with Crippen LogP contribution >= 0.6 is 0 Å². The molecule has 5 heteroatoms. The van der Waals surface area contributed by atoms with E-state index in [1.54, 1.807) is 10.7 Å². The zero-order valence-corrected chi connectivity index (χ0v) is 13.3. The van der Waals surface area contributed by atoms with Crippen molar-refractivity contribution in [3.05, 3.63) is 42.0 Å². The molecule has 2 rings (SSSR count). The Labute approximate surface area is 125 Å². The lowest BCUT2D eigenvalue weighted by atomic mass is 10.1. The van der Waals surface area contributed by atoms with E-state index < -0.39 is 0 Å². The van der Waals surface area contributed by atoms with E-state index in [-0.39, 0.29) is 17.9 Å². The number of hydrogen-bond donors (Lipinski definition) is 1. The van der Waals surface area contributed by atoms with Crippen LogP contribution in [0, 0.1) is 5.82 Å². The first-order valence-corrected chi connectivity index (χ1v) is 7.16. The molecule has 1 unspecified atom stereocenters. The number of rotatable bonds is 5. The maximum Gasteiger partial charge on any atom is 0.148 e. The quantitative estimate of drug-likeness (QED) is 0.913. The second-order valence-electron chi connectivity index (χ2n) is 5.68. The average molecular weight is 290 g/mol. The van der Waals surface area contributed by atoms with E-state index in [0.29, 0.717) is 5.69 Å². The van der Waals surface area contributed by atoms with Crippen molar-refractivity contribution >= 4 is 11.4 Å². The third-order valence-electron chi connectivity index (χ3n) is 3.71. The standard InChI is InChI=1S/C16H23FN4/c1-11(2)21(5)16-7-6-14(8-15(16)17)19-12(3)13-9-18-20(4)10-13/h6-12,19H,1-5H3. The molecule has 4 nitrogen and oxygen atoms in total. The maximum atomic E-state index is 14.2. The van der Waals surface area contributed by atoms with Gasteiger partial charge in [0.15, 0.2) is 0 Å². The lowest BCUT2D eigenvalue weighted by Crippen LogP contribution is -2.26. The minimum absolute atomic E-state index is 0.0757. The Morgan fingerprint density at radius 2 is 2.00 bits per heavy atom. The Bertz CT molecular complexity index is 606. The monoisotopic (exact) mass is 290 g/mol. The van der Waals surface area contributed by atoms with Gasteiger partial charge in [0.2, 0.25) is 0 Å². The highest BCUT2D eigenvalue weighted by molar-refractivity contribution is 5.57. The number of aromatic nitrogens is 2. The molecule has 0 aliphatic heterocycles. The molecule has 0 fully saturated rings. The van der Waals surface area contributed by atoms with Crippen LogP contribution in [0.2, 0.25) is 0 Å². The van der Waals surface area contributed by atoms with Crippen LogP contribution in [-0.2, 0) is 7.05 Å². The van der Waals surface area contributed by atoms with Gasteiger partial charge < -0.3 is 10.2 Å². The lowest BCUT2D eigenvalue weighted by molar-refractivity contribution is 0.614. The minimum Gasteiger partial charge on any atom is -0.378 e. The molecular formula is C16H23FN4. The summed E-state index contributed by atoms with van der Waals surface area (Å²) in [5, 5.41) is 7.45. The molecule has 0 aliphatic rings. The molecule has 2 aromatic rings. The van der Waals surface area contributed by atoms with Crippen molar-refractivity contribution in [2.45, 2.75) is 32.9 Å². The van der Waals surface area contributed by atoms with Crippen LogP contribution < -0.4 is 10.2 Å². The van der Waals surface area contributed by atoms with Crippen LogP contribution in [0.4, 0.5) is 15.8 Å². The van der Waals surface area contributed by atoms with Crippen molar-refractivity contribution in [1.29, 1.82) is 0 Å². The van der Waals surface area contributed by atoms with Crippen LogP contribution in [0.25, 0.3) is 0 Å². The van der Waals surface area contributed by atoms with E-state index in [4.69, 9.17) is 0 Å². The van der Waals surface area contributed by atoms with Crippen LogP contribution in [0.1, 0.15) is 32.4 Å². The summed E-state index contributed by atoms with van der Waals surface area (Å²) in [6, 6.07) is 5.60. The fraction of sp³-hybridized carbons (Fsp3) is 0.438. The molecule has 114 valence electrons. The fourth-order valence-corrected chi connectivity index (χ4v) is 2.16. The van der Waals surface area contributed by atoms with Gasteiger partial charge in [-0.3, -0.25) is 4.68 Å². The van der Waals surface area contributed by atoms with Crippen LogP contribution in [0.15, 0.2) is 30.6 Å². The first-order chi connectivity index (χ1) is 9.88. The summed E-state index contributed by atoms with van der Waals surface area (Å²) < 4.78 is 16.0. The zero-order valence-electron chi connectivity index (χ0n) is 13.3. The van der Waals surface area contributed by atoms with Crippen LogP contribution in [-0.4, -0.2) is 22.9 Å². The van der Waals surface area contributed by atoms with Crippen molar-refractivity contribution in [3.8, 4) is 0 Å². The summed E-state index contributed by atoms with van der Waals surface area (Å²) in [6.45, 7) is 6.11. The molecule has 1 aromatic heterocycles. The molecule has 0 saturated carbocycles. The molecule has 1 aromatic carbocycles. The topological polar surface area (TPSA) is 33.1 Å². The summed E-state index contributed by atoms with van der Waals surface area (Å²) in [5.41, 5.74) is 2.45. The normalized spacial score (nSPS) is 12.5. The van der Waals surface area contributed by atoms with Gasteiger partial charge in [0.25, 0.3) is 0 Å². The van der Waals surface area contributed by atoms with E-state index in [1.807, 2.05) is 64.3 Å². The van der Waals surface area contributed by atoms with Crippen molar-refractivity contribution < 1.29 is 4.39 Å². The summed E-state index contributed by atoms with van der Waals surface area (Å²) >= 11 is 0. The predicted molar refractivity (Wildman–Crippen MR) is 85.2 cm³/mol. The number of anilines is 2.